The number of benzene rings is 1. The van der Waals surface area contributed by atoms with Crippen LogP contribution in [0, 0.1) is 6.92 Å². The third-order valence-corrected chi connectivity index (χ3v) is 3.96. The summed E-state index contributed by atoms with van der Waals surface area (Å²) in [6.45, 7) is 4.65. The Bertz CT molecular complexity index is 644. The van der Waals surface area contributed by atoms with Gasteiger partial charge in [0.2, 0.25) is 0 Å². The van der Waals surface area contributed by atoms with Crippen molar-refractivity contribution in [2.75, 3.05) is 6.61 Å². The van der Waals surface area contributed by atoms with Gasteiger partial charge in [-0.05, 0) is 43.7 Å². The molecule has 1 heterocycles. The van der Waals surface area contributed by atoms with Gasteiger partial charge in [-0.3, -0.25) is 0 Å². The molecule has 0 atom stereocenters. The molecule has 5 heteroatoms. The predicted octanol–water partition coefficient (Wildman–Crippen LogP) is 4.01. The number of rotatable bonds is 6. The number of carbonyl (C=O) groups is 1. The number of ether oxygens (including phenoxy) is 1. The Morgan fingerprint density at radius 1 is 1.38 bits per heavy atom. The molecule has 0 aliphatic carbocycles. The summed E-state index contributed by atoms with van der Waals surface area (Å²) in [6.07, 6.45) is 3.69. The summed E-state index contributed by atoms with van der Waals surface area (Å²) in [4.78, 5) is 15.9. The number of thiazole rings is 1. The predicted molar refractivity (Wildman–Crippen MR) is 84.7 cm³/mol. The second kappa shape index (κ2) is 7.04. The molecular formula is C16H17NO3S. The van der Waals surface area contributed by atoms with Gasteiger partial charge in [0.15, 0.2) is 0 Å². The van der Waals surface area contributed by atoms with E-state index in [1.165, 1.54) is 11.3 Å². The summed E-state index contributed by atoms with van der Waals surface area (Å²) in [7, 11) is 0. The van der Waals surface area contributed by atoms with Crippen molar-refractivity contribution in [3.63, 3.8) is 0 Å². The molecule has 0 saturated heterocycles. The molecule has 110 valence electrons. The molecule has 0 aliphatic heterocycles. The van der Waals surface area contributed by atoms with E-state index in [0.29, 0.717) is 6.61 Å². The molecule has 2 rings (SSSR count). The summed E-state index contributed by atoms with van der Waals surface area (Å²) >= 11 is 1.48. The highest BCUT2D eigenvalue weighted by atomic mass is 32.1. The Balaban J connectivity index is 2.18. The minimum absolute atomic E-state index is 0.708. The third-order valence-electron chi connectivity index (χ3n) is 2.78. The van der Waals surface area contributed by atoms with Crippen LogP contribution >= 0.6 is 11.3 Å². The fourth-order valence-electron chi connectivity index (χ4n) is 1.75. The van der Waals surface area contributed by atoms with Crippen molar-refractivity contribution in [1.29, 1.82) is 0 Å². The Hall–Kier alpha value is -2.14. The Morgan fingerprint density at radius 3 is 2.71 bits per heavy atom. The lowest BCUT2D eigenvalue weighted by Gasteiger charge is -2.04. The molecule has 0 radical (unpaired) electrons. The van der Waals surface area contributed by atoms with Crippen molar-refractivity contribution < 1.29 is 14.6 Å². The fourth-order valence-corrected chi connectivity index (χ4v) is 2.72. The van der Waals surface area contributed by atoms with Crippen LogP contribution in [0.5, 0.6) is 5.75 Å². The first-order valence-corrected chi connectivity index (χ1v) is 7.53. The van der Waals surface area contributed by atoms with Crippen molar-refractivity contribution in [3.8, 4) is 16.3 Å². The van der Waals surface area contributed by atoms with E-state index in [1.807, 2.05) is 31.2 Å². The number of hydrogen-bond acceptors (Lipinski definition) is 4. The maximum atomic E-state index is 10.6. The molecule has 21 heavy (non-hydrogen) atoms. The molecule has 1 N–H and O–H groups in total. The Kier molecular flexibility index (Phi) is 5.11. The minimum Gasteiger partial charge on any atom is -0.494 e. The first kappa shape index (κ1) is 15.3. The highest BCUT2D eigenvalue weighted by Crippen LogP contribution is 2.29. The molecular weight excluding hydrogens is 286 g/mol. The van der Waals surface area contributed by atoms with Gasteiger partial charge >= 0.3 is 5.97 Å². The van der Waals surface area contributed by atoms with Crippen LogP contribution in [0.4, 0.5) is 0 Å². The molecule has 0 amide bonds. The largest absolute Gasteiger partial charge is 0.494 e. The Morgan fingerprint density at radius 2 is 2.10 bits per heavy atom. The smallest absolute Gasteiger partial charge is 0.328 e. The number of nitrogens with zero attached hydrogens (tertiary/aromatic N) is 1. The second-order valence-corrected chi connectivity index (χ2v) is 5.54. The third kappa shape index (κ3) is 4.16. The summed E-state index contributed by atoms with van der Waals surface area (Å²) < 4.78 is 5.55. The van der Waals surface area contributed by atoms with E-state index in [9.17, 15) is 4.79 Å². The number of aryl methyl sites for hydroxylation is 1. The van der Waals surface area contributed by atoms with Crippen LogP contribution in [0.1, 0.15) is 23.9 Å². The summed E-state index contributed by atoms with van der Waals surface area (Å²) in [5.41, 5.74) is 1.83. The maximum Gasteiger partial charge on any atom is 0.328 e. The van der Waals surface area contributed by atoms with Crippen LogP contribution < -0.4 is 4.74 Å². The summed E-state index contributed by atoms with van der Waals surface area (Å²) in [6, 6.07) is 7.78. The zero-order valence-electron chi connectivity index (χ0n) is 12.0. The molecule has 2 aromatic rings. The van der Waals surface area contributed by atoms with Crippen molar-refractivity contribution in [1.82, 2.24) is 4.98 Å². The lowest BCUT2D eigenvalue weighted by atomic mass is 10.2. The van der Waals surface area contributed by atoms with Crippen LogP contribution in [0.25, 0.3) is 16.6 Å². The highest BCUT2D eigenvalue weighted by molar-refractivity contribution is 7.16. The van der Waals surface area contributed by atoms with E-state index < -0.39 is 5.97 Å². The van der Waals surface area contributed by atoms with Crippen molar-refractivity contribution in [2.24, 2.45) is 0 Å². The number of carboxylic acid groups (broad SMARTS) is 1. The van der Waals surface area contributed by atoms with Crippen LogP contribution in [0.3, 0.4) is 0 Å². The maximum absolute atomic E-state index is 10.6. The van der Waals surface area contributed by atoms with Crippen LogP contribution in [-0.4, -0.2) is 22.7 Å². The number of carboxylic acids is 1. The van der Waals surface area contributed by atoms with Gasteiger partial charge in [0.1, 0.15) is 10.8 Å². The fraction of sp³-hybridized carbons (Fsp3) is 0.250. The van der Waals surface area contributed by atoms with E-state index in [2.05, 4.69) is 11.9 Å². The second-order valence-electron chi connectivity index (χ2n) is 4.51. The lowest BCUT2D eigenvalue weighted by molar-refractivity contribution is -0.131. The van der Waals surface area contributed by atoms with Crippen molar-refractivity contribution in [3.05, 3.63) is 40.9 Å². The molecule has 0 aliphatic rings. The number of aromatic nitrogens is 1. The highest BCUT2D eigenvalue weighted by Gasteiger charge is 2.08. The van der Waals surface area contributed by atoms with Gasteiger partial charge in [-0.1, -0.05) is 6.92 Å². The molecule has 0 fully saturated rings. The molecule has 1 aromatic carbocycles. The van der Waals surface area contributed by atoms with E-state index in [4.69, 9.17) is 9.84 Å². The number of aliphatic carboxylic acids is 1. The monoisotopic (exact) mass is 303 g/mol. The number of hydrogen-bond donors (Lipinski definition) is 1. The zero-order chi connectivity index (χ0) is 15.2. The lowest BCUT2D eigenvalue weighted by Crippen LogP contribution is -1.94. The summed E-state index contributed by atoms with van der Waals surface area (Å²) in [5, 5.41) is 9.55. The zero-order valence-corrected chi connectivity index (χ0v) is 12.8. The first-order chi connectivity index (χ1) is 10.1. The van der Waals surface area contributed by atoms with Gasteiger partial charge in [0, 0.05) is 11.6 Å². The van der Waals surface area contributed by atoms with E-state index in [1.54, 1.807) is 6.08 Å². The van der Waals surface area contributed by atoms with Crippen LogP contribution in [0.2, 0.25) is 0 Å². The van der Waals surface area contributed by atoms with Gasteiger partial charge in [0.05, 0.1) is 17.2 Å². The normalized spacial score (nSPS) is 11.0. The van der Waals surface area contributed by atoms with E-state index in [0.717, 1.165) is 39.4 Å². The molecule has 1 aromatic heterocycles. The van der Waals surface area contributed by atoms with Gasteiger partial charge < -0.3 is 9.84 Å². The quantitative estimate of drug-likeness (QED) is 0.819. The standard InChI is InChI=1S/C16H17NO3S/c1-3-10-20-13-6-4-12(5-7-13)16-17-11(2)14(21-16)8-9-15(18)19/h4-9H,3,10H2,1-2H3,(H,18,19)/b9-8+. The van der Waals surface area contributed by atoms with E-state index >= 15 is 0 Å². The molecule has 4 nitrogen and oxygen atoms in total. The van der Waals surface area contributed by atoms with Crippen LogP contribution in [0.15, 0.2) is 30.3 Å². The molecule has 0 saturated carbocycles. The minimum atomic E-state index is -0.957. The Labute approximate surface area is 127 Å². The molecule has 0 unspecified atom stereocenters. The van der Waals surface area contributed by atoms with Gasteiger partial charge in [-0.25, -0.2) is 9.78 Å². The molecule has 0 spiro atoms. The van der Waals surface area contributed by atoms with Crippen molar-refractivity contribution in [2.45, 2.75) is 20.3 Å². The SMILES string of the molecule is CCCOc1ccc(-c2nc(C)c(/C=C/C(=O)O)s2)cc1. The van der Waals surface area contributed by atoms with Crippen molar-refractivity contribution >= 4 is 23.4 Å². The van der Waals surface area contributed by atoms with Crippen LogP contribution in [-0.2, 0) is 4.79 Å². The average Bonchev–Trinajstić information content (AvgIpc) is 2.84. The topological polar surface area (TPSA) is 59.4 Å². The van der Waals surface area contributed by atoms with Gasteiger partial charge in [0.25, 0.3) is 0 Å². The van der Waals surface area contributed by atoms with E-state index in [-0.39, 0.29) is 0 Å². The van der Waals surface area contributed by atoms with Gasteiger partial charge in [-0.15, -0.1) is 11.3 Å². The first-order valence-electron chi connectivity index (χ1n) is 6.72. The summed E-state index contributed by atoms with van der Waals surface area (Å²) in [5.74, 6) is -0.110. The van der Waals surface area contributed by atoms with Gasteiger partial charge in [-0.2, -0.15) is 0 Å². The molecule has 0 bridgehead atoms. The average molecular weight is 303 g/mol.